The molecule has 0 saturated carbocycles. The first-order chi connectivity index (χ1) is 10.2. The molecule has 0 saturated heterocycles. The largest absolute Gasteiger partial charge is 0.313 e. The van der Waals surface area contributed by atoms with Crippen molar-refractivity contribution >= 4 is 23.4 Å². The smallest absolute Gasteiger partial charge is 0.119 e. The highest BCUT2D eigenvalue weighted by molar-refractivity contribution is 7.99. The van der Waals surface area contributed by atoms with Crippen molar-refractivity contribution in [3.05, 3.63) is 52.7 Å². The highest BCUT2D eigenvalue weighted by Crippen LogP contribution is 2.33. The molecule has 0 bridgehead atoms. The van der Waals surface area contributed by atoms with Crippen LogP contribution in [0.4, 0.5) is 0 Å². The van der Waals surface area contributed by atoms with Gasteiger partial charge in [0.1, 0.15) is 11.1 Å². The minimum absolute atomic E-state index is 0.597. The molecule has 2 rings (SSSR count). The van der Waals surface area contributed by atoms with Gasteiger partial charge >= 0.3 is 0 Å². The van der Waals surface area contributed by atoms with E-state index < -0.39 is 0 Å². The molecule has 0 amide bonds. The first kappa shape index (κ1) is 15.8. The van der Waals surface area contributed by atoms with Gasteiger partial charge in [-0.25, -0.2) is 4.98 Å². The number of nitriles is 1. The SMILES string of the molecule is CCCNCc1ccc(Sc2ncccc2Cl)c(C#N)c1. The zero-order valence-corrected chi connectivity index (χ0v) is 13.3. The van der Waals surface area contributed by atoms with Gasteiger partial charge in [-0.2, -0.15) is 5.26 Å². The van der Waals surface area contributed by atoms with Crippen LogP contribution in [0.3, 0.4) is 0 Å². The van der Waals surface area contributed by atoms with Gasteiger partial charge < -0.3 is 5.32 Å². The molecule has 0 spiro atoms. The summed E-state index contributed by atoms with van der Waals surface area (Å²) in [7, 11) is 0. The number of nitrogens with zero attached hydrogens (tertiary/aromatic N) is 2. The van der Waals surface area contributed by atoms with Gasteiger partial charge in [-0.3, -0.25) is 0 Å². The topological polar surface area (TPSA) is 48.7 Å². The lowest BCUT2D eigenvalue weighted by Gasteiger charge is -2.08. The number of hydrogen-bond acceptors (Lipinski definition) is 4. The van der Waals surface area contributed by atoms with Gasteiger partial charge in [-0.05, 0) is 42.8 Å². The van der Waals surface area contributed by atoms with E-state index in [-0.39, 0.29) is 0 Å². The maximum atomic E-state index is 9.32. The molecule has 1 aromatic heterocycles. The van der Waals surface area contributed by atoms with Gasteiger partial charge in [0.2, 0.25) is 0 Å². The van der Waals surface area contributed by atoms with Crippen molar-refractivity contribution in [1.29, 1.82) is 5.26 Å². The van der Waals surface area contributed by atoms with E-state index in [2.05, 4.69) is 23.3 Å². The number of aromatic nitrogens is 1. The maximum absolute atomic E-state index is 9.32. The first-order valence-electron chi connectivity index (χ1n) is 6.76. The zero-order chi connectivity index (χ0) is 15.1. The number of benzene rings is 1. The second kappa shape index (κ2) is 8.04. The molecule has 1 heterocycles. The highest BCUT2D eigenvalue weighted by atomic mass is 35.5. The lowest BCUT2D eigenvalue weighted by atomic mass is 10.1. The van der Waals surface area contributed by atoms with Crippen molar-refractivity contribution in [2.45, 2.75) is 29.8 Å². The van der Waals surface area contributed by atoms with Crippen LogP contribution in [0, 0.1) is 11.3 Å². The first-order valence-corrected chi connectivity index (χ1v) is 7.96. The molecule has 2 aromatic rings. The second-order valence-corrected chi connectivity index (χ2v) is 5.95. The van der Waals surface area contributed by atoms with Crippen LogP contribution in [0.5, 0.6) is 0 Å². The lowest BCUT2D eigenvalue weighted by molar-refractivity contribution is 0.675. The minimum atomic E-state index is 0.597. The van der Waals surface area contributed by atoms with Crippen LogP contribution in [-0.4, -0.2) is 11.5 Å². The van der Waals surface area contributed by atoms with Crippen LogP contribution in [0.15, 0.2) is 46.5 Å². The fourth-order valence-electron chi connectivity index (χ4n) is 1.82. The summed E-state index contributed by atoms with van der Waals surface area (Å²) in [6, 6.07) is 11.7. The third kappa shape index (κ3) is 4.47. The number of pyridine rings is 1. The van der Waals surface area contributed by atoms with Gasteiger partial charge in [0.15, 0.2) is 0 Å². The summed E-state index contributed by atoms with van der Waals surface area (Å²) < 4.78 is 0. The Balaban J connectivity index is 2.17. The van der Waals surface area contributed by atoms with E-state index in [4.69, 9.17) is 11.6 Å². The summed E-state index contributed by atoms with van der Waals surface area (Å²) in [4.78, 5) is 5.11. The highest BCUT2D eigenvalue weighted by Gasteiger charge is 2.09. The van der Waals surface area contributed by atoms with E-state index in [0.717, 1.165) is 30.0 Å². The fraction of sp³-hybridized carbons (Fsp3) is 0.250. The van der Waals surface area contributed by atoms with Gasteiger partial charge in [-0.15, -0.1) is 0 Å². The molecule has 1 N–H and O–H groups in total. The van der Waals surface area contributed by atoms with Gasteiger partial charge in [-0.1, -0.05) is 36.4 Å². The minimum Gasteiger partial charge on any atom is -0.313 e. The van der Waals surface area contributed by atoms with Gasteiger partial charge in [0, 0.05) is 17.6 Å². The van der Waals surface area contributed by atoms with E-state index in [9.17, 15) is 5.26 Å². The molecular formula is C16H16ClN3S. The van der Waals surface area contributed by atoms with Crippen molar-refractivity contribution in [1.82, 2.24) is 10.3 Å². The van der Waals surface area contributed by atoms with Crippen molar-refractivity contribution in [2.75, 3.05) is 6.54 Å². The number of halogens is 1. The molecule has 3 nitrogen and oxygen atoms in total. The molecule has 0 radical (unpaired) electrons. The molecule has 1 aromatic carbocycles. The van der Waals surface area contributed by atoms with E-state index in [1.165, 1.54) is 11.8 Å². The van der Waals surface area contributed by atoms with E-state index in [1.54, 1.807) is 18.3 Å². The third-order valence-corrected chi connectivity index (χ3v) is 4.36. The van der Waals surface area contributed by atoms with E-state index >= 15 is 0 Å². The molecule has 0 unspecified atom stereocenters. The van der Waals surface area contributed by atoms with Gasteiger partial charge in [0.25, 0.3) is 0 Å². The summed E-state index contributed by atoms with van der Waals surface area (Å²) >= 11 is 7.53. The van der Waals surface area contributed by atoms with Crippen LogP contribution in [-0.2, 0) is 6.54 Å². The fourth-order valence-corrected chi connectivity index (χ4v) is 2.90. The molecule has 0 aliphatic heterocycles. The van der Waals surface area contributed by atoms with Crippen LogP contribution in [0.25, 0.3) is 0 Å². The number of hydrogen-bond donors (Lipinski definition) is 1. The summed E-state index contributed by atoms with van der Waals surface area (Å²) in [5.74, 6) is 0. The molecular weight excluding hydrogens is 302 g/mol. The Labute approximate surface area is 134 Å². The summed E-state index contributed by atoms with van der Waals surface area (Å²) in [6.07, 6.45) is 2.79. The normalized spacial score (nSPS) is 10.3. The van der Waals surface area contributed by atoms with E-state index in [0.29, 0.717) is 15.6 Å². The maximum Gasteiger partial charge on any atom is 0.119 e. The Morgan fingerprint density at radius 2 is 2.24 bits per heavy atom. The second-order valence-electron chi connectivity index (χ2n) is 4.51. The molecule has 0 aliphatic carbocycles. The van der Waals surface area contributed by atoms with Crippen molar-refractivity contribution < 1.29 is 0 Å². The predicted octanol–water partition coefficient (Wildman–Crippen LogP) is 4.26. The summed E-state index contributed by atoms with van der Waals surface area (Å²) in [6.45, 7) is 3.88. The van der Waals surface area contributed by atoms with Crippen LogP contribution in [0.2, 0.25) is 5.02 Å². The molecule has 21 heavy (non-hydrogen) atoms. The number of rotatable bonds is 6. The molecule has 0 aliphatic rings. The standard InChI is InChI=1S/C16H16ClN3S/c1-2-7-19-11-12-5-6-15(13(9-12)10-18)21-16-14(17)4-3-8-20-16/h3-6,8-9,19H,2,7,11H2,1H3. The Morgan fingerprint density at radius 3 is 2.95 bits per heavy atom. The molecule has 5 heteroatoms. The predicted molar refractivity (Wildman–Crippen MR) is 86.5 cm³/mol. The van der Waals surface area contributed by atoms with Crippen LogP contribution >= 0.6 is 23.4 Å². The molecule has 108 valence electrons. The van der Waals surface area contributed by atoms with Crippen molar-refractivity contribution in [3.8, 4) is 6.07 Å². The Bertz CT molecular complexity index is 652. The number of nitrogens with one attached hydrogen (secondary N) is 1. The summed E-state index contributed by atoms with van der Waals surface area (Å²) in [5, 5.41) is 14.0. The average molecular weight is 318 g/mol. The lowest BCUT2D eigenvalue weighted by Crippen LogP contribution is -2.13. The average Bonchev–Trinajstić information content (AvgIpc) is 2.51. The molecule has 0 atom stereocenters. The van der Waals surface area contributed by atoms with Gasteiger partial charge in [0.05, 0.1) is 10.6 Å². The monoisotopic (exact) mass is 317 g/mol. The third-order valence-electron chi connectivity index (χ3n) is 2.85. The molecule has 0 fully saturated rings. The zero-order valence-electron chi connectivity index (χ0n) is 11.8. The van der Waals surface area contributed by atoms with Crippen molar-refractivity contribution in [2.24, 2.45) is 0 Å². The van der Waals surface area contributed by atoms with Crippen LogP contribution in [0.1, 0.15) is 24.5 Å². The van der Waals surface area contributed by atoms with Crippen LogP contribution < -0.4 is 5.32 Å². The van der Waals surface area contributed by atoms with Crippen molar-refractivity contribution in [3.63, 3.8) is 0 Å². The Kier molecular flexibility index (Phi) is 6.06. The summed E-state index contributed by atoms with van der Waals surface area (Å²) in [5.41, 5.74) is 1.76. The quantitative estimate of drug-likeness (QED) is 0.809. The Morgan fingerprint density at radius 1 is 1.38 bits per heavy atom. The Hall–Kier alpha value is -1.54. The van der Waals surface area contributed by atoms with E-state index in [1.807, 2.05) is 18.2 Å².